The molecule has 0 saturated carbocycles. The van der Waals surface area contributed by atoms with Crippen molar-refractivity contribution in [2.75, 3.05) is 50.4 Å². The molecule has 2 aromatic rings. The number of rotatable bonds is 8. The molecule has 29 heavy (non-hydrogen) atoms. The van der Waals surface area contributed by atoms with Crippen molar-refractivity contribution >= 4 is 11.5 Å². The molecule has 0 spiro atoms. The second-order valence-corrected chi connectivity index (χ2v) is 7.52. The van der Waals surface area contributed by atoms with Crippen LogP contribution in [0.25, 0.3) is 11.3 Å². The molecule has 1 aromatic heterocycles. The van der Waals surface area contributed by atoms with E-state index in [1.807, 2.05) is 30.3 Å². The minimum absolute atomic E-state index is 0.0854. The number of anilines is 2. The van der Waals surface area contributed by atoms with Gasteiger partial charge in [0.1, 0.15) is 5.75 Å². The van der Waals surface area contributed by atoms with Crippen LogP contribution in [0.15, 0.2) is 30.3 Å². The van der Waals surface area contributed by atoms with E-state index >= 15 is 0 Å². The van der Waals surface area contributed by atoms with Crippen LogP contribution in [0.2, 0.25) is 0 Å². The predicted octanol–water partition coefficient (Wildman–Crippen LogP) is 2.29. The Labute approximate surface area is 170 Å². The summed E-state index contributed by atoms with van der Waals surface area (Å²) in [6.45, 7) is 4.67. The number of aliphatic hydroxyl groups is 1. The van der Waals surface area contributed by atoms with Gasteiger partial charge in [-0.1, -0.05) is 19.1 Å². The van der Waals surface area contributed by atoms with Crippen LogP contribution < -0.4 is 15.0 Å². The molecule has 1 aromatic carbocycles. The van der Waals surface area contributed by atoms with Gasteiger partial charge in [0, 0.05) is 25.8 Å². The van der Waals surface area contributed by atoms with Crippen LogP contribution in [0, 0.1) is 0 Å². The molecule has 0 aliphatic carbocycles. The SMILES string of the molecule is CC[C@]12CNc3nnc(-c4ccccc4OCOCCOC)cc3N1C[C@H](O)C2. The summed E-state index contributed by atoms with van der Waals surface area (Å²) in [6, 6.07) is 9.75. The number of benzene rings is 1. The quantitative estimate of drug-likeness (QED) is 0.515. The third-order valence-corrected chi connectivity index (χ3v) is 5.78. The van der Waals surface area contributed by atoms with Crippen LogP contribution in [0.1, 0.15) is 19.8 Å². The van der Waals surface area contributed by atoms with Gasteiger partial charge in [-0.05, 0) is 31.0 Å². The van der Waals surface area contributed by atoms with Crippen LogP contribution >= 0.6 is 0 Å². The molecule has 3 heterocycles. The molecule has 8 heteroatoms. The number of aromatic nitrogens is 2. The van der Waals surface area contributed by atoms with E-state index in [1.54, 1.807) is 7.11 Å². The fourth-order valence-corrected chi connectivity index (χ4v) is 4.20. The van der Waals surface area contributed by atoms with Gasteiger partial charge in [-0.3, -0.25) is 0 Å². The largest absolute Gasteiger partial charge is 0.467 e. The van der Waals surface area contributed by atoms with E-state index in [9.17, 15) is 5.11 Å². The summed E-state index contributed by atoms with van der Waals surface area (Å²) in [5.41, 5.74) is 2.47. The number of nitrogens with one attached hydrogen (secondary N) is 1. The molecular weight excluding hydrogens is 372 g/mol. The Morgan fingerprint density at radius 1 is 1.28 bits per heavy atom. The van der Waals surface area contributed by atoms with Crippen molar-refractivity contribution in [2.45, 2.75) is 31.4 Å². The fourth-order valence-electron chi connectivity index (χ4n) is 4.20. The minimum Gasteiger partial charge on any atom is -0.467 e. The molecule has 0 radical (unpaired) electrons. The van der Waals surface area contributed by atoms with Crippen molar-refractivity contribution in [3.63, 3.8) is 0 Å². The summed E-state index contributed by atoms with van der Waals surface area (Å²) in [7, 11) is 1.63. The van der Waals surface area contributed by atoms with Gasteiger partial charge < -0.3 is 29.5 Å². The zero-order chi connectivity index (χ0) is 20.3. The third kappa shape index (κ3) is 3.88. The van der Waals surface area contributed by atoms with Crippen molar-refractivity contribution in [1.82, 2.24) is 10.2 Å². The van der Waals surface area contributed by atoms with Crippen molar-refractivity contribution in [2.24, 2.45) is 0 Å². The number of ether oxygens (including phenoxy) is 3. The van der Waals surface area contributed by atoms with Gasteiger partial charge in [-0.2, -0.15) is 0 Å². The van der Waals surface area contributed by atoms with Gasteiger partial charge in [0.2, 0.25) is 0 Å². The maximum absolute atomic E-state index is 10.3. The topological polar surface area (TPSA) is 89.0 Å². The number of nitrogens with zero attached hydrogens (tertiary/aromatic N) is 3. The molecule has 2 aliphatic rings. The number of hydrogen-bond donors (Lipinski definition) is 2. The standard InChI is InChI=1S/C21H28N4O4/c1-3-21-11-15(26)12-25(21)18-10-17(23-24-20(18)22-13-21)16-6-4-5-7-19(16)29-14-28-9-8-27-2/h4-7,10,15,26H,3,8-9,11-14H2,1-2H3,(H,22,24)/t15-,21+/m1/s1. The highest BCUT2D eigenvalue weighted by Gasteiger charge is 2.47. The zero-order valence-corrected chi connectivity index (χ0v) is 16.9. The van der Waals surface area contributed by atoms with Crippen molar-refractivity contribution < 1.29 is 19.3 Å². The van der Waals surface area contributed by atoms with Crippen LogP contribution in [0.5, 0.6) is 5.75 Å². The molecular formula is C21H28N4O4. The molecule has 0 bridgehead atoms. The van der Waals surface area contributed by atoms with E-state index in [1.165, 1.54) is 0 Å². The third-order valence-electron chi connectivity index (χ3n) is 5.78. The minimum atomic E-state index is -0.334. The Balaban J connectivity index is 1.60. The summed E-state index contributed by atoms with van der Waals surface area (Å²) in [4.78, 5) is 2.29. The normalized spacial score (nSPS) is 22.7. The lowest BCUT2D eigenvalue weighted by molar-refractivity contribution is -0.00822. The van der Waals surface area contributed by atoms with Crippen LogP contribution in [-0.4, -0.2) is 67.2 Å². The first kappa shape index (κ1) is 19.9. The summed E-state index contributed by atoms with van der Waals surface area (Å²) < 4.78 is 16.2. The van der Waals surface area contributed by atoms with E-state index in [0.717, 1.165) is 42.1 Å². The second-order valence-electron chi connectivity index (χ2n) is 7.52. The number of methoxy groups -OCH3 is 1. The molecule has 1 saturated heterocycles. The van der Waals surface area contributed by atoms with Gasteiger partial charge in [0.15, 0.2) is 12.6 Å². The number of aliphatic hydroxyl groups excluding tert-OH is 1. The van der Waals surface area contributed by atoms with E-state index in [2.05, 4.69) is 27.3 Å². The summed E-state index contributed by atoms with van der Waals surface area (Å²) in [5, 5.41) is 22.6. The first-order valence-electron chi connectivity index (χ1n) is 10.0. The smallest absolute Gasteiger partial charge is 0.189 e. The number of β-amino-alcohol motifs (C(OH)–C–C–N with tert-alkyl or cyclic N) is 1. The van der Waals surface area contributed by atoms with E-state index in [-0.39, 0.29) is 18.4 Å². The summed E-state index contributed by atoms with van der Waals surface area (Å²) in [6.07, 6.45) is 1.37. The Hall–Kier alpha value is -2.42. The summed E-state index contributed by atoms with van der Waals surface area (Å²) in [5.74, 6) is 1.44. The lowest BCUT2D eigenvalue weighted by Crippen LogP contribution is -2.52. The lowest BCUT2D eigenvalue weighted by Gasteiger charge is -2.43. The lowest BCUT2D eigenvalue weighted by atomic mass is 9.90. The fraction of sp³-hybridized carbons (Fsp3) is 0.524. The second kappa shape index (κ2) is 8.52. The van der Waals surface area contributed by atoms with E-state index in [0.29, 0.717) is 25.5 Å². The highest BCUT2D eigenvalue weighted by molar-refractivity contribution is 5.77. The number of para-hydroxylation sites is 1. The van der Waals surface area contributed by atoms with Crippen LogP contribution in [0.3, 0.4) is 0 Å². The van der Waals surface area contributed by atoms with Gasteiger partial charge in [0.05, 0.1) is 36.2 Å². The van der Waals surface area contributed by atoms with Crippen LogP contribution in [-0.2, 0) is 9.47 Å². The molecule has 2 N–H and O–H groups in total. The highest BCUT2D eigenvalue weighted by Crippen LogP contribution is 2.44. The Morgan fingerprint density at radius 2 is 2.14 bits per heavy atom. The van der Waals surface area contributed by atoms with E-state index in [4.69, 9.17) is 14.2 Å². The average molecular weight is 400 g/mol. The Morgan fingerprint density at radius 3 is 2.97 bits per heavy atom. The first-order chi connectivity index (χ1) is 14.2. The molecule has 156 valence electrons. The average Bonchev–Trinajstić information content (AvgIpc) is 3.10. The van der Waals surface area contributed by atoms with Gasteiger partial charge in [0.25, 0.3) is 0 Å². The number of hydrogen-bond acceptors (Lipinski definition) is 8. The molecule has 1 fully saturated rings. The van der Waals surface area contributed by atoms with Crippen molar-refractivity contribution in [3.8, 4) is 17.0 Å². The molecule has 2 atom stereocenters. The molecule has 8 nitrogen and oxygen atoms in total. The van der Waals surface area contributed by atoms with E-state index < -0.39 is 0 Å². The van der Waals surface area contributed by atoms with Crippen molar-refractivity contribution in [3.05, 3.63) is 30.3 Å². The van der Waals surface area contributed by atoms with Crippen LogP contribution in [0.4, 0.5) is 11.5 Å². The van der Waals surface area contributed by atoms with Gasteiger partial charge in [-0.15, -0.1) is 10.2 Å². The first-order valence-corrected chi connectivity index (χ1v) is 10.0. The molecule has 4 rings (SSSR count). The maximum Gasteiger partial charge on any atom is 0.189 e. The Kier molecular flexibility index (Phi) is 5.84. The Bertz CT molecular complexity index is 849. The van der Waals surface area contributed by atoms with Gasteiger partial charge >= 0.3 is 0 Å². The molecule has 0 amide bonds. The zero-order valence-electron chi connectivity index (χ0n) is 16.9. The summed E-state index contributed by atoms with van der Waals surface area (Å²) >= 11 is 0. The highest BCUT2D eigenvalue weighted by atomic mass is 16.7. The molecule has 0 unspecified atom stereocenters. The monoisotopic (exact) mass is 400 g/mol. The number of fused-ring (bicyclic) bond motifs is 3. The maximum atomic E-state index is 10.3. The van der Waals surface area contributed by atoms with Crippen molar-refractivity contribution in [1.29, 1.82) is 0 Å². The molecule has 2 aliphatic heterocycles. The predicted molar refractivity (Wildman–Crippen MR) is 110 cm³/mol. The van der Waals surface area contributed by atoms with Gasteiger partial charge in [-0.25, -0.2) is 0 Å².